The average molecular weight is 290 g/mol. The van der Waals surface area contributed by atoms with Gasteiger partial charge in [-0.15, -0.1) is 11.3 Å². The Balaban J connectivity index is 2.33. The van der Waals surface area contributed by atoms with Gasteiger partial charge in [0.15, 0.2) is 5.78 Å². The molecule has 0 N–H and O–H groups in total. The van der Waals surface area contributed by atoms with Gasteiger partial charge in [-0.1, -0.05) is 19.4 Å². The van der Waals surface area contributed by atoms with Crippen molar-refractivity contribution in [2.24, 2.45) is 0 Å². The van der Waals surface area contributed by atoms with Crippen molar-refractivity contribution in [3.05, 3.63) is 28.8 Å². The maximum absolute atomic E-state index is 12.4. The van der Waals surface area contributed by atoms with Gasteiger partial charge in [0.1, 0.15) is 0 Å². The number of hydrogen-bond donors (Lipinski definition) is 0. The number of nitrogens with zero attached hydrogens (tertiary/aromatic N) is 2. The lowest BCUT2D eigenvalue weighted by atomic mass is 9.98. The van der Waals surface area contributed by atoms with Gasteiger partial charge in [-0.05, 0) is 45.1 Å². The number of benzene rings is 1. The van der Waals surface area contributed by atoms with Crippen molar-refractivity contribution in [3.63, 3.8) is 0 Å². The van der Waals surface area contributed by atoms with E-state index in [1.54, 1.807) is 11.3 Å². The van der Waals surface area contributed by atoms with Gasteiger partial charge in [-0.2, -0.15) is 0 Å². The highest BCUT2D eigenvalue weighted by molar-refractivity contribution is 7.18. The number of ketones is 1. The van der Waals surface area contributed by atoms with Crippen LogP contribution in [0.5, 0.6) is 0 Å². The third-order valence-electron chi connectivity index (χ3n) is 3.43. The molecule has 1 heterocycles. The topological polar surface area (TPSA) is 33.2 Å². The molecule has 0 saturated carbocycles. The molecule has 0 bridgehead atoms. The molecule has 1 aromatic carbocycles. The quantitative estimate of drug-likeness (QED) is 0.807. The minimum Gasteiger partial charge on any atom is -0.298 e. The van der Waals surface area contributed by atoms with E-state index in [1.165, 1.54) is 4.70 Å². The van der Waals surface area contributed by atoms with Gasteiger partial charge in [0.25, 0.3) is 0 Å². The molecule has 2 aromatic rings. The van der Waals surface area contributed by atoms with E-state index in [-0.39, 0.29) is 6.04 Å². The molecule has 1 unspecified atom stereocenters. The minimum absolute atomic E-state index is 0.159. The van der Waals surface area contributed by atoms with Gasteiger partial charge >= 0.3 is 0 Å². The molecule has 0 amide bonds. The van der Waals surface area contributed by atoms with Crippen molar-refractivity contribution in [1.82, 2.24) is 9.88 Å². The number of likely N-dealkylation sites (N-methyl/N-ethyl adjacent to an activating group) is 1. The van der Waals surface area contributed by atoms with Crippen molar-refractivity contribution in [1.29, 1.82) is 0 Å². The molecule has 108 valence electrons. The Morgan fingerprint density at radius 3 is 2.80 bits per heavy atom. The summed E-state index contributed by atoms with van der Waals surface area (Å²) in [5.41, 5.74) is 2.05. The van der Waals surface area contributed by atoms with E-state index < -0.39 is 0 Å². The van der Waals surface area contributed by atoms with Crippen LogP contribution in [0.1, 0.15) is 42.8 Å². The van der Waals surface area contributed by atoms with Crippen LogP contribution in [-0.4, -0.2) is 29.8 Å². The van der Waals surface area contributed by atoms with Crippen LogP contribution in [-0.2, 0) is 4.79 Å². The number of unbranched alkanes of at least 4 members (excludes halogenated alkanes) is 1. The molecule has 1 aromatic heterocycles. The number of Topliss-reactive ketones (excluding diaryl/α,β-unsaturated/α-hetero) is 1. The normalized spacial score (nSPS) is 13.1. The van der Waals surface area contributed by atoms with Crippen molar-refractivity contribution < 1.29 is 4.79 Å². The van der Waals surface area contributed by atoms with Gasteiger partial charge in [-0.25, -0.2) is 4.98 Å². The van der Waals surface area contributed by atoms with Crippen molar-refractivity contribution >= 4 is 27.3 Å². The molecular weight excluding hydrogens is 268 g/mol. The zero-order valence-corrected chi connectivity index (χ0v) is 13.5. The maximum Gasteiger partial charge on any atom is 0.154 e. The Kier molecular flexibility index (Phi) is 4.89. The number of carbonyl (C=O) groups excluding carboxylic acids is 1. The highest BCUT2D eigenvalue weighted by Gasteiger charge is 2.22. The Bertz CT molecular complexity index is 604. The number of aryl methyl sites for hydroxylation is 1. The van der Waals surface area contributed by atoms with Crippen LogP contribution in [0.4, 0.5) is 0 Å². The highest BCUT2D eigenvalue weighted by Crippen LogP contribution is 2.28. The Hall–Kier alpha value is -1.26. The van der Waals surface area contributed by atoms with E-state index in [9.17, 15) is 4.79 Å². The number of fused-ring (bicyclic) bond motifs is 1. The molecule has 0 aliphatic rings. The van der Waals surface area contributed by atoms with E-state index in [0.29, 0.717) is 12.2 Å². The van der Waals surface area contributed by atoms with Crippen LogP contribution in [0.15, 0.2) is 18.2 Å². The third kappa shape index (κ3) is 3.25. The van der Waals surface area contributed by atoms with Gasteiger partial charge < -0.3 is 0 Å². The molecule has 0 fully saturated rings. The van der Waals surface area contributed by atoms with Crippen LogP contribution >= 0.6 is 11.3 Å². The molecule has 0 radical (unpaired) electrons. The van der Waals surface area contributed by atoms with Gasteiger partial charge in [0, 0.05) is 6.42 Å². The first-order valence-corrected chi connectivity index (χ1v) is 7.90. The summed E-state index contributed by atoms with van der Waals surface area (Å²) in [6.07, 6.45) is 2.66. The van der Waals surface area contributed by atoms with Crippen LogP contribution in [0.2, 0.25) is 0 Å². The molecular formula is C16H22N2OS. The monoisotopic (exact) mass is 290 g/mol. The fourth-order valence-corrected chi connectivity index (χ4v) is 3.30. The third-order valence-corrected chi connectivity index (χ3v) is 4.38. The Labute approximate surface area is 124 Å². The first-order valence-electron chi connectivity index (χ1n) is 7.09. The lowest BCUT2D eigenvalue weighted by Gasteiger charge is -2.23. The lowest BCUT2D eigenvalue weighted by Crippen LogP contribution is -2.27. The molecule has 0 spiro atoms. The zero-order chi connectivity index (χ0) is 14.7. The van der Waals surface area contributed by atoms with Gasteiger partial charge in [0.2, 0.25) is 0 Å². The predicted octanol–water partition coefficient (Wildman–Crippen LogP) is 3.97. The largest absolute Gasteiger partial charge is 0.298 e. The Morgan fingerprint density at radius 1 is 1.40 bits per heavy atom. The summed E-state index contributed by atoms with van der Waals surface area (Å²) in [4.78, 5) is 18.9. The summed E-state index contributed by atoms with van der Waals surface area (Å²) in [7, 11) is 3.93. The van der Waals surface area contributed by atoms with E-state index in [4.69, 9.17) is 0 Å². The summed E-state index contributed by atoms with van der Waals surface area (Å²) < 4.78 is 1.18. The second-order valence-corrected chi connectivity index (χ2v) is 6.63. The van der Waals surface area contributed by atoms with Crippen molar-refractivity contribution in [2.75, 3.05) is 14.1 Å². The molecule has 4 heteroatoms. The average Bonchev–Trinajstić information content (AvgIpc) is 2.75. The molecule has 20 heavy (non-hydrogen) atoms. The second-order valence-electron chi connectivity index (χ2n) is 5.40. The van der Waals surface area contributed by atoms with E-state index in [1.807, 2.05) is 25.9 Å². The number of carbonyl (C=O) groups is 1. The lowest BCUT2D eigenvalue weighted by molar-refractivity contribution is -0.123. The minimum atomic E-state index is -0.159. The van der Waals surface area contributed by atoms with Crippen LogP contribution in [0.25, 0.3) is 10.2 Å². The molecule has 0 aliphatic carbocycles. The molecule has 2 rings (SSSR count). The molecule has 3 nitrogen and oxygen atoms in total. The zero-order valence-electron chi connectivity index (χ0n) is 12.6. The molecule has 0 aliphatic heterocycles. The standard InChI is InChI=1S/C16H22N2OS/c1-5-6-7-14(19)16(18(3)4)12-8-9-15-13(10-12)17-11(2)20-15/h8-10,16H,5-7H2,1-4H3. The van der Waals surface area contributed by atoms with E-state index >= 15 is 0 Å². The molecule has 0 saturated heterocycles. The van der Waals surface area contributed by atoms with Gasteiger partial charge in [-0.3, -0.25) is 9.69 Å². The predicted molar refractivity (Wildman–Crippen MR) is 85.3 cm³/mol. The SMILES string of the molecule is CCCCC(=O)C(c1ccc2sc(C)nc2c1)N(C)C. The number of hydrogen-bond acceptors (Lipinski definition) is 4. The van der Waals surface area contributed by atoms with Crippen LogP contribution < -0.4 is 0 Å². The number of thiazole rings is 1. The van der Waals surface area contributed by atoms with E-state index in [0.717, 1.165) is 28.9 Å². The van der Waals surface area contributed by atoms with Gasteiger partial charge in [0.05, 0.1) is 21.3 Å². The van der Waals surface area contributed by atoms with Crippen LogP contribution in [0.3, 0.4) is 0 Å². The summed E-state index contributed by atoms with van der Waals surface area (Å²) >= 11 is 1.69. The second kappa shape index (κ2) is 6.46. The first kappa shape index (κ1) is 15.1. The summed E-state index contributed by atoms with van der Waals surface area (Å²) in [5.74, 6) is 0.295. The summed E-state index contributed by atoms with van der Waals surface area (Å²) in [6, 6.07) is 6.05. The molecule has 1 atom stereocenters. The smallest absolute Gasteiger partial charge is 0.154 e. The number of rotatable bonds is 6. The van der Waals surface area contributed by atoms with E-state index in [2.05, 4.69) is 30.1 Å². The summed E-state index contributed by atoms with van der Waals surface area (Å²) in [5, 5.41) is 1.07. The number of aromatic nitrogens is 1. The fourth-order valence-electron chi connectivity index (χ4n) is 2.49. The fraction of sp³-hybridized carbons (Fsp3) is 0.500. The Morgan fingerprint density at radius 2 is 2.15 bits per heavy atom. The first-order chi connectivity index (χ1) is 9.52. The summed E-state index contributed by atoms with van der Waals surface area (Å²) in [6.45, 7) is 4.13. The van der Waals surface area contributed by atoms with Crippen molar-refractivity contribution in [2.45, 2.75) is 39.2 Å². The van der Waals surface area contributed by atoms with Crippen LogP contribution in [0, 0.1) is 6.92 Å². The highest BCUT2D eigenvalue weighted by atomic mass is 32.1. The maximum atomic E-state index is 12.4. The van der Waals surface area contributed by atoms with Crippen molar-refractivity contribution in [3.8, 4) is 0 Å².